The highest BCUT2D eigenvalue weighted by Crippen LogP contribution is 2.24. The van der Waals surface area contributed by atoms with Crippen LogP contribution in [0.4, 0.5) is 0 Å². The average Bonchev–Trinajstić information content (AvgIpc) is 2.12. The van der Waals surface area contributed by atoms with Gasteiger partial charge in [-0.1, -0.05) is 27.7 Å². The summed E-state index contributed by atoms with van der Waals surface area (Å²) in [5.41, 5.74) is -0.811. The zero-order valence-corrected chi connectivity index (χ0v) is 10.7. The average molecular weight is 210 g/mol. The molecule has 0 aromatic rings. The van der Waals surface area contributed by atoms with Crippen LogP contribution >= 0.6 is 0 Å². The van der Waals surface area contributed by atoms with E-state index in [1.807, 2.05) is 6.92 Å². The van der Waals surface area contributed by atoms with E-state index in [4.69, 9.17) is 5.26 Å². The van der Waals surface area contributed by atoms with Gasteiger partial charge in [0, 0.05) is 13.6 Å². The highest BCUT2D eigenvalue weighted by atomic mass is 16.2. The van der Waals surface area contributed by atoms with E-state index in [0.29, 0.717) is 13.0 Å². The van der Waals surface area contributed by atoms with E-state index in [1.165, 1.54) is 0 Å². The fourth-order valence-corrected chi connectivity index (χ4v) is 1.48. The third-order valence-corrected chi connectivity index (χ3v) is 2.48. The van der Waals surface area contributed by atoms with Crippen LogP contribution in [-0.2, 0) is 4.79 Å². The largest absolute Gasteiger partial charge is 0.344 e. The molecule has 3 nitrogen and oxygen atoms in total. The Morgan fingerprint density at radius 2 is 1.80 bits per heavy atom. The van der Waals surface area contributed by atoms with Crippen LogP contribution < -0.4 is 0 Å². The molecule has 1 atom stereocenters. The number of hydrogen-bond donors (Lipinski definition) is 0. The van der Waals surface area contributed by atoms with Crippen LogP contribution in [0, 0.1) is 22.2 Å². The molecule has 0 saturated carbocycles. The maximum atomic E-state index is 12.0. The van der Waals surface area contributed by atoms with Crippen molar-refractivity contribution in [3.63, 3.8) is 0 Å². The molecule has 0 aromatic heterocycles. The van der Waals surface area contributed by atoms with Crippen LogP contribution in [0.15, 0.2) is 0 Å². The lowest BCUT2D eigenvalue weighted by atomic mass is 9.87. The van der Waals surface area contributed by atoms with Gasteiger partial charge < -0.3 is 4.90 Å². The summed E-state index contributed by atoms with van der Waals surface area (Å²) in [5.74, 6) is -0.0811. The molecule has 1 amide bonds. The SMILES string of the molecule is CCC(C)(C#N)C(=O)N(C)CC(C)(C)C. The lowest BCUT2D eigenvalue weighted by Crippen LogP contribution is -2.42. The van der Waals surface area contributed by atoms with Gasteiger partial charge in [0.25, 0.3) is 0 Å². The summed E-state index contributed by atoms with van der Waals surface area (Å²) >= 11 is 0. The highest BCUT2D eigenvalue weighted by Gasteiger charge is 2.34. The third-order valence-electron chi connectivity index (χ3n) is 2.48. The molecule has 86 valence electrons. The van der Waals surface area contributed by atoms with Gasteiger partial charge in [0.2, 0.25) is 5.91 Å². The Morgan fingerprint density at radius 1 is 1.33 bits per heavy atom. The summed E-state index contributed by atoms with van der Waals surface area (Å²) in [6, 6.07) is 2.10. The quantitative estimate of drug-likeness (QED) is 0.718. The lowest BCUT2D eigenvalue weighted by Gasteiger charge is -2.31. The van der Waals surface area contributed by atoms with Crippen molar-refractivity contribution in [1.82, 2.24) is 4.90 Å². The van der Waals surface area contributed by atoms with E-state index in [-0.39, 0.29) is 11.3 Å². The van der Waals surface area contributed by atoms with Crippen molar-refractivity contribution in [2.75, 3.05) is 13.6 Å². The molecule has 1 unspecified atom stereocenters. The molecular weight excluding hydrogens is 188 g/mol. The Kier molecular flexibility index (Phi) is 4.33. The Labute approximate surface area is 93.1 Å². The molecule has 0 aromatic carbocycles. The number of hydrogen-bond acceptors (Lipinski definition) is 2. The first-order chi connectivity index (χ1) is 6.66. The molecule has 0 aliphatic carbocycles. The second-order valence-corrected chi connectivity index (χ2v) is 5.52. The van der Waals surface area contributed by atoms with E-state index < -0.39 is 5.41 Å². The molecule has 0 fully saturated rings. The summed E-state index contributed by atoms with van der Waals surface area (Å²) in [7, 11) is 1.76. The van der Waals surface area contributed by atoms with E-state index >= 15 is 0 Å². The smallest absolute Gasteiger partial charge is 0.242 e. The van der Waals surface area contributed by atoms with E-state index in [1.54, 1.807) is 18.9 Å². The number of amides is 1. The van der Waals surface area contributed by atoms with E-state index in [9.17, 15) is 4.79 Å². The molecule has 0 bridgehead atoms. The Bertz CT molecular complexity index is 272. The van der Waals surface area contributed by atoms with Gasteiger partial charge >= 0.3 is 0 Å². The van der Waals surface area contributed by atoms with Gasteiger partial charge in [-0.05, 0) is 18.8 Å². The molecule has 3 heteroatoms. The predicted octanol–water partition coefficient (Wildman–Crippen LogP) is 2.43. The van der Waals surface area contributed by atoms with Gasteiger partial charge in [-0.15, -0.1) is 0 Å². The van der Waals surface area contributed by atoms with Crippen molar-refractivity contribution in [2.45, 2.75) is 41.0 Å². The predicted molar refractivity (Wildman–Crippen MR) is 61.1 cm³/mol. The van der Waals surface area contributed by atoms with Gasteiger partial charge in [0.1, 0.15) is 5.41 Å². The fourth-order valence-electron chi connectivity index (χ4n) is 1.48. The molecule has 0 radical (unpaired) electrons. The molecule has 0 rings (SSSR count). The first-order valence-electron chi connectivity index (χ1n) is 5.33. The topological polar surface area (TPSA) is 44.1 Å². The first-order valence-corrected chi connectivity index (χ1v) is 5.33. The van der Waals surface area contributed by atoms with Crippen LogP contribution in [-0.4, -0.2) is 24.4 Å². The van der Waals surface area contributed by atoms with Crippen molar-refractivity contribution in [2.24, 2.45) is 10.8 Å². The second kappa shape index (κ2) is 4.65. The van der Waals surface area contributed by atoms with Crippen molar-refractivity contribution in [3.05, 3.63) is 0 Å². The summed E-state index contributed by atoms with van der Waals surface area (Å²) in [6.07, 6.45) is 0.552. The molecule has 15 heavy (non-hydrogen) atoms. The molecular formula is C12H22N2O. The van der Waals surface area contributed by atoms with Crippen LogP contribution in [0.25, 0.3) is 0 Å². The number of rotatable bonds is 3. The lowest BCUT2D eigenvalue weighted by molar-refractivity contribution is -0.138. The van der Waals surface area contributed by atoms with Gasteiger partial charge in [-0.3, -0.25) is 4.79 Å². The number of nitrogens with zero attached hydrogens (tertiary/aromatic N) is 2. The van der Waals surface area contributed by atoms with Gasteiger partial charge in [-0.25, -0.2) is 0 Å². The van der Waals surface area contributed by atoms with Gasteiger partial charge in [0.05, 0.1) is 6.07 Å². The molecule has 0 aliphatic heterocycles. The van der Waals surface area contributed by atoms with Crippen molar-refractivity contribution >= 4 is 5.91 Å². The minimum absolute atomic E-state index is 0.0640. The van der Waals surface area contributed by atoms with Crippen LogP contribution in [0.2, 0.25) is 0 Å². The first kappa shape index (κ1) is 14.0. The molecule has 0 aliphatic rings. The van der Waals surface area contributed by atoms with Crippen LogP contribution in [0.1, 0.15) is 41.0 Å². The summed E-state index contributed by atoms with van der Waals surface area (Å²) < 4.78 is 0. The minimum Gasteiger partial charge on any atom is -0.344 e. The zero-order chi connectivity index (χ0) is 12.3. The maximum absolute atomic E-state index is 12.0. The second-order valence-electron chi connectivity index (χ2n) is 5.52. The molecule has 0 spiro atoms. The Morgan fingerprint density at radius 3 is 2.07 bits per heavy atom. The highest BCUT2D eigenvalue weighted by molar-refractivity contribution is 5.84. The summed E-state index contributed by atoms with van der Waals surface area (Å²) in [5, 5.41) is 9.01. The van der Waals surface area contributed by atoms with Gasteiger partial charge in [-0.2, -0.15) is 5.26 Å². The number of carbonyl (C=O) groups excluding carboxylic acids is 1. The molecule has 0 N–H and O–H groups in total. The molecule has 0 saturated heterocycles. The number of nitriles is 1. The standard InChI is InChI=1S/C12H22N2O/c1-7-12(5,8-13)10(15)14(6)9-11(2,3)4/h7,9H2,1-6H3. The summed E-state index contributed by atoms with van der Waals surface area (Å²) in [4.78, 5) is 13.7. The van der Waals surface area contributed by atoms with Crippen LogP contribution in [0.3, 0.4) is 0 Å². The normalized spacial score (nSPS) is 15.3. The molecule has 0 heterocycles. The minimum atomic E-state index is -0.875. The van der Waals surface area contributed by atoms with Crippen molar-refractivity contribution in [3.8, 4) is 6.07 Å². The van der Waals surface area contributed by atoms with Crippen molar-refractivity contribution in [1.29, 1.82) is 5.26 Å². The Hall–Kier alpha value is -1.04. The zero-order valence-electron chi connectivity index (χ0n) is 10.7. The monoisotopic (exact) mass is 210 g/mol. The maximum Gasteiger partial charge on any atom is 0.242 e. The third kappa shape index (κ3) is 3.91. The fraction of sp³-hybridized carbons (Fsp3) is 0.833. The van der Waals surface area contributed by atoms with Crippen LogP contribution in [0.5, 0.6) is 0 Å². The van der Waals surface area contributed by atoms with Gasteiger partial charge in [0.15, 0.2) is 0 Å². The van der Waals surface area contributed by atoms with E-state index in [2.05, 4.69) is 26.8 Å². The summed E-state index contributed by atoms with van der Waals surface area (Å²) in [6.45, 7) is 10.5. The van der Waals surface area contributed by atoms with Crippen molar-refractivity contribution < 1.29 is 4.79 Å². The Balaban J connectivity index is 4.67. The van der Waals surface area contributed by atoms with E-state index in [0.717, 1.165) is 0 Å². The number of carbonyl (C=O) groups is 1.